The summed E-state index contributed by atoms with van der Waals surface area (Å²) in [5.74, 6) is -0.671. The lowest BCUT2D eigenvalue weighted by atomic mass is 10.2. The lowest BCUT2D eigenvalue weighted by Gasteiger charge is -2.19. The van der Waals surface area contributed by atoms with Crippen molar-refractivity contribution in [2.75, 3.05) is 20.2 Å². The van der Waals surface area contributed by atoms with Gasteiger partial charge in [-0.3, -0.25) is 0 Å². The molecule has 0 N–H and O–H groups in total. The molecule has 0 bridgehead atoms. The predicted molar refractivity (Wildman–Crippen MR) is 77.9 cm³/mol. The molecule has 0 aromatic carbocycles. The van der Waals surface area contributed by atoms with Gasteiger partial charge in [0.2, 0.25) is 10.0 Å². The summed E-state index contributed by atoms with van der Waals surface area (Å²) in [6, 6.07) is 1.33. The summed E-state index contributed by atoms with van der Waals surface area (Å²) in [5, 5.41) is 0. The Bertz CT molecular complexity index is 589. The van der Waals surface area contributed by atoms with Crippen molar-refractivity contribution in [1.82, 2.24) is 4.31 Å². The van der Waals surface area contributed by atoms with Crippen LogP contribution in [0.3, 0.4) is 0 Å². The van der Waals surface area contributed by atoms with Gasteiger partial charge < -0.3 is 4.74 Å². The van der Waals surface area contributed by atoms with Crippen molar-refractivity contribution in [2.45, 2.75) is 30.6 Å². The SMILES string of the molecule is COC(=O)c1sc(Cl)cc1S(=O)(=O)N1CCCCCC1. The average molecular weight is 338 g/mol. The van der Waals surface area contributed by atoms with E-state index in [-0.39, 0.29) is 14.1 Å². The molecule has 2 rings (SSSR count). The fourth-order valence-electron chi connectivity index (χ4n) is 2.19. The first kappa shape index (κ1) is 15.8. The van der Waals surface area contributed by atoms with Gasteiger partial charge in [0, 0.05) is 13.1 Å². The highest BCUT2D eigenvalue weighted by atomic mass is 35.5. The minimum atomic E-state index is -3.69. The molecule has 1 aromatic rings. The molecule has 0 radical (unpaired) electrons. The maximum absolute atomic E-state index is 12.7. The molecule has 0 saturated carbocycles. The Labute approximate surface area is 127 Å². The lowest BCUT2D eigenvalue weighted by molar-refractivity contribution is 0.0602. The van der Waals surface area contributed by atoms with Crippen LogP contribution in [0.4, 0.5) is 0 Å². The van der Waals surface area contributed by atoms with Gasteiger partial charge in [-0.2, -0.15) is 4.31 Å². The normalized spacial score (nSPS) is 17.7. The maximum atomic E-state index is 12.7. The minimum Gasteiger partial charge on any atom is -0.465 e. The lowest BCUT2D eigenvalue weighted by Crippen LogP contribution is -2.32. The molecule has 20 heavy (non-hydrogen) atoms. The van der Waals surface area contributed by atoms with E-state index in [0.29, 0.717) is 13.1 Å². The van der Waals surface area contributed by atoms with Gasteiger partial charge in [-0.25, -0.2) is 13.2 Å². The molecule has 0 spiro atoms. The summed E-state index contributed by atoms with van der Waals surface area (Å²) in [7, 11) is -2.47. The summed E-state index contributed by atoms with van der Waals surface area (Å²) in [6.07, 6.45) is 3.73. The standard InChI is InChI=1S/C12H16ClNO4S2/c1-18-12(15)11-9(8-10(13)19-11)20(16,17)14-6-4-2-3-5-7-14/h8H,2-7H2,1H3. The van der Waals surface area contributed by atoms with Crippen LogP contribution >= 0.6 is 22.9 Å². The second-order valence-electron chi connectivity index (χ2n) is 4.55. The number of carbonyl (C=O) groups excluding carboxylic acids is 1. The van der Waals surface area contributed by atoms with Gasteiger partial charge in [0.1, 0.15) is 9.77 Å². The highest BCUT2D eigenvalue weighted by Crippen LogP contribution is 2.33. The van der Waals surface area contributed by atoms with E-state index in [0.717, 1.165) is 37.0 Å². The molecule has 8 heteroatoms. The van der Waals surface area contributed by atoms with Gasteiger partial charge in [0.05, 0.1) is 11.4 Å². The number of hydrogen-bond donors (Lipinski definition) is 0. The van der Waals surface area contributed by atoms with E-state index >= 15 is 0 Å². The topological polar surface area (TPSA) is 63.7 Å². The van der Waals surface area contributed by atoms with E-state index in [9.17, 15) is 13.2 Å². The van der Waals surface area contributed by atoms with Crippen LogP contribution in [0.2, 0.25) is 4.34 Å². The molecule has 2 heterocycles. The molecule has 0 atom stereocenters. The first-order valence-electron chi connectivity index (χ1n) is 6.34. The van der Waals surface area contributed by atoms with Gasteiger partial charge in [-0.15, -0.1) is 11.3 Å². The van der Waals surface area contributed by atoms with E-state index in [1.165, 1.54) is 17.5 Å². The zero-order chi connectivity index (χ0) is 14.8. The van der Waals surface area contributed by atoms with Crippen LogP contribution in [-0.2, 0) is 14.8 Å². The number of nitrogens with zero attached hydrogens (tertiary/aromatic N) is 1. The van der Waals surface area contributed by atoms with Crippen molar-refractivity contribution in [3.05, 3.63) is 15.3 Å². The third-order valence-corrected chi connectivity index (χ3v) is 6.52. The van der Waals surface area contributed by atoms with Crippen molar-refractivity contribution >= 4 is 38.9 Å². The number of halogens is 1. The fourth-order valence-corrected chi connectivity index (χ4v) is 5.41. The van der Waals surface area contributed by atoms with Crippen LogP contribution in [-0.4, -0.2) is 38.9 Å². The number of methoxy groups -OCH3 is 1. The largest absolute Gasteiger partial charge is 0.465 e. The highest BCUT2D eigenvalue weighted by molar-refractivity contribution is 7.89. The number of carbonyl (C=O) groups is 1. The Morgan fingerprint density at radius 1 is 1.30 bits per heavy atom. The maximum Gasteiger partial charge on any atom is 0.349 e. The molecular weight excluding hydrogens is 322 g/mol. The van der Waals surface area contributed by atoms with Crippen LogP contribution in [0.5, 0.6) is 0 Å². The molecule has 1 aliphatic heterocycles. The zero-order valence-electron chi connectivity index (χ0n) is 11.1. The number of rotatable bonds is 3. The summed E-state index contributed by atoms with van der Waals surface area (Å²) in [4.78, 5) is 11.7. The van der Waals surface area contributed by atoms with E-state index in [4.69, 9.17) is 11.6 Å². The van der Waals surface area contributed by atoms with Gasteiger partial charge in [0.15, 0.2) is 0 Å². The van der Waals surface area contributed by atoms with Crippen molar-refractivity contribution < 1.29 is 17.9 Å². The molecule has 0 unspecified atom stereocenters. The Balaban J connectivity index is 2.40. The summed E-state index contributed by atoms with van der Waals surface area (Å²) in [5.41, 5.74) is 0. The van der Waals surface area contributed by atoms with Crippen molar-refractivity contribution in [1.29, 1.82) is 0 Å². The van der Waals surface area contributed by atoms with Crippen molar-refractivity contribution in [3.8, 4) is 0 Å². The van der Waals surface area contributed by atoms with E-state index in [1.807, 2.05) is 0 Å². The summed E-state index contributed by atoms with van der Waals surface area (Å²) in [6.45, 7) is 0.965. The Morgan fingerprint density at radius 2 is 1.90 bits per heavy atom. The number of sulfonamides is 1. The summed E-state index contributed by atoms with van der Waals surface area (Å²) < 4.78 is 31.6. The Kier molecular flexibility index (Phi) is 5.06. The van der Waals surface area contributed by atoms with Gasteiger partial charge in [-0.05, 0) is 18.9 Å². The smallest absolute Gasteiger partial charge is 0.349 e. The number of thiophene rings is 1. The average Bonchev–Trinajstić information content (AvgIpc) is 2.66. The van der Waals surface area contributed by atoms with E-state index in [2.05, 4.69) is 4.74 Å². The molecule has 1 fully saturated rings. The second kappa shape index (κ2) is 6.43. The zero-order valence-corrected chi connectivity index (χ0v) is 13.5. The van der Waals surface area contributed by atoms with E-state index in [1.54, 1.807) is 0 Å². The van der Waals surface area contributed by atoms with Crippen molar-refractivity contribution in [3.63, 3.8) is 0 Å². The predicted octanol–water partition coefficient (Wildman–Crippen LogP) is 2.75. The van der Waals surface area contributed by atoms with Crippen LogP contribution in [0, 0.1) is 0 Å². The highest BCUT2D eigenvalue weighted by Gasteiger charge is 2.32. The quantitative estimate of drug-likeness (QED) is 0.795. The molecule has 1 aliphatic rings. The third kappa shape index (κ3) is 3.16. The Morgan fingerprint density at radius 3 is 2.45 bits per heavy atom. The minimum absolute atomic E-state index is 0.0405. The molecular formula is C12H16ClNO4S2. The molecule has 1 saturated heterocycles. The second-order valence-corrected chi connectivity index (χ2v) is 8.14. The molecule has 0 amide bonds. The number of ether oxygens (including phenoxy) is 1. The molecule has 0 aliphatic carbocycles. The Hall–Kier alpha value is -0.630. The van der Waals surface area contributed by atoms with Crippen LogP contribution < -0.4 is 0 Å². The fraction of sp³-hybridized carbons (Fsp3) is 0.583. The third-order valence-electron chi connectivity index (χ3n) is 3.22. The van der Waals surface area contributed by atoms with Crippen molar-refractivity contribution in [2.24, 2.45) is 0 Å². The van der Waals surface area contributed by atoms with Gasteiger partial charge >= 0.3 is 5.97 Å². The molecule has 112 valence electrons. The van der Waals surface area contributed by atoms with Crippen LogP contribution in [0.1, 0.15) is 35.4 Å². The first-order chi connectivity index (χ1) is 9.46. The van der Waals surface area contributed by atoms with Crippen LogP contribution in [0.25, 0.3) is 0 Å². The van der Waals surface area contributed by atoms with Crippen LogP contribution in [0.15, 0.2) is 11.0 Å². The van der Waals surface area contributed by atoms with E-state index < -0.39 is 16.0 Å². The monoisotopic (exact) mass is 337 g/mol. The first-order valence-corrected chi connectivity index (χ1v) is 8.98. The van der Waals surface area contributed by atoms with Gasteiger partial charge in [0.25, 0.3) is 0 Å². The molecule has 5 nitrogen and oxygen atoms in total. The van der Waals surface area contributed by atoms with Gasteiger partial charge in [-0.1, -0.05) is 24.4 Å². The number of hydrogen-bond acceptors (Lipinski definition) is 5. The molecule has 1 aromatic heterocycles. The number of esters is 1. The summed E-state index contributed by atoms with van der Waals surface area (Å²) >= 11 is 6.80.